The van der Waals surface area contributed by atoms with E-state index in [9.17, 15) is 0 Å². The summed E-state index contributed by atoms with van der Waals surface area (Å²) in [4.78, 5) is 7.06. The molecule has 16 heavy (non-hydrogen) atoms. The van der Waals surface area contributed by atoms with Crippen molar-refractivity contribution in [1.29, 1.82) is 10.5 Å². The van der Waals surface area contributed by atoms with Crippen LogP contribution < -0.4 is 5.32 Å². The zero-order chi connectivity index (χ0) is 11.4. The number of nitrogens with one attached hydrogen (secondary N) is 2. The van der Waals surface area contributed by atoms with E-state index in [-0.39, 0.29) is 5.57 Å². The largest absolute Gasteiger partial charge is 0.360 e. The lowest BCUT2D eigenvalue weighted by Crippen LogP contribution is -1.89. The summed E-state index contributed by atoms with van der Waals surface area (Å²) in [7, 11) is 0. The van der Waals surface area contributed by atoms with Gasteiger partial charge in [-0.25, -0.2) is 4.98 Å². The first-order chi connectivity index (χ1) is 7.83. The molecule has 0 aliphatic rings. The summed E-state index contributed by atoms with van der Waals surface area (Å²) in [5.41, 5.74) is 2.59. The number of aromatic amines is 1. The predicted molar refractivity (Wildman–Crippen MR) is 59.0 cm³/mol. The van der Waals surface area contributed by atoms with Crippen molar-refractivity contribution in [2.75, 3.05) is 5.32 Å². The number of aromatic nitrogens is 2. The summed E-state index contributed by atoms with van der Waals surface area (Å²) in [5.74, 6) is 0. The van der Waals surface area contributed by atoms with Crippen molar-refractivity contribution in [3.05, 3.63) is 36.3 Å². The van der Waals surface area contributed by atoms with Crippen LogP contribution in [-0.4, -0.2) is 9.97 Å². The van der Waals surface area contributed by atoms with Crippen molar-refractivity contribution in [2.24, 2.45) is 0 Å². The number of benzene rings is 1. The third-order valence-electron chi connectivity index (χ3n) is 2.04. The van der Waals surface area contributed by atoms with E-state index in [1.54, 1.807) is 18.5 Å². The molecule has 0 saturated heterocycles. The minimum absolute atomic E-state index is 0.0321. The molecule has 5 heteroatoms. The molecule has 0 unspecified atom stereocenters. The molecule has 0 aliphatic carbocycles. The maximum Gasteiger partial charge on any atom is 0.145 e. The minimum atomic E-state index is 0.0321. The van der Waals surface area contributed by atoms with Gasteiger partial charge >= 0.3 is 0 Å². The number of hydrogen-bond donors (Lipinski definition) is 2. The number of allylic oxidation sites excluding steroid dienone is 1. The molecule has 1 aromatic heterocycles. The van der Waals surface area contributed by atoms with Crippen LogP contribution in [0.1, 0.15) is 0 Å². The zero-order valence-corrected chi connectivity index (χ0v) is 8.23. The van der Waals surface area contributed by atoms with Gasteiger partial charge in [-0.15, -0.1) is 0 Å². The fourth-order valence-electron chi connectivity index (χ4n) is 1.27. The van der Waals surface area contributed by atoms with Crippen molar-refractivity contribution in [3.8, 4) is 12.1 Å². The van der Waals surface area contributed by atoms with E-state index < -0.39 is 0 Å². The monoisotopic (exact) mass is 209 g/mol. The standard InChI is InChI=1S/C11H7N5/c12-4-8(5-13)6-14-9-1-2-10-11(3-9)16-7-15-10/h1-3,6-7,14H,(H,15,16). The Kier molecular flexibility index (Phi) is 2.53. The van der Waals surface area contributed by atoms with Gasteiger partial charge in [0.25, 0.3) is 0 Å². The molecule has 0 fully saturated rings. The average molecular weight is 209 g/mol. The Morgan fingerprint density at radius 3 is 2.94 bits per heavy atom. The number of H-pyrrole nitrogens is 1. The number of imidazole rings is 1. The van der Waals surface area contributed by atoms with Gasteiger partial charge in [0, 0.05) is 11.9 Å². The Bertz CT molecular complexity index is 608. The van der Waals surface area contributed by atoms with Crippen molar-refractivity contribution in [1.82, 2.24) is 9.97 Å². The number of fused-ring (bicyclic) bond motifs is 1. The highest BCUT2D eigenvalue weighted by atomic mass is 14.9. The molecule has 1 heterocycles. The summed E-state index contributed by atoms with van der Waals surface area (Å²) in [5, 5.41) is 20.0. The van der Waals surface area contributed by atoms with Crippen molar-refractivity contribution in [2.45, 2.75) is 0 Å². The smallest absolute Gasteiger partial charge is 0.145 e. The van der Waals surface area contributed by atoms with Gasteiger partial charge in [-0.05, 0) is 18.2 Å². The third-order valence-corrected chi connectivity index (χ3v) is 2.04. The van der Waals surface area contributed by atoms with E-state index in [0.717, 1.165) is 16.7 Å². The van der Waals surface area contributed by atoms with Gasteiger partial charge in [-0.3, -0.25) is 0 Å². The van der Waals surface area contributed by atoms with Crippen LogP contribution >= 0.6 is 0 Å². The first-order valence-electron chi connectivity index (χ1n) is 4.53. The van der Waals surface area contributed by atoms with Crippen LogP contribution in [0.15, 0.2) is 36.3 Å². The van der Waals surface area contributed by atoms with Gasteiger partial charge in [-0.2, -0.15) is 10.5 Å². The second-order valence-corrected chi connectivity index (χ2v) is 3.06. The lowest BCUT2D eigenvalue weighted by molar-refractivity contribution is 1.34. The fraction of sp³-hybridized carbons (Fsp3) is 0. The molecule has 0 radical (unpaired) electrons. The van der Waals surface area contributed by atoms with Crippen LogP contribution in [0.3, 0.4) is 0 Å². The van der Waals surface area contributed by atoms with E-state index in [1.807, 2.05) is 18.2 Å². The Morgan fingerprint density at radius 2 is 2.19 bits per heavy atom. The summed E-state index contributed by atoms with van der Waals surface area (Å²) in [6.45, 7) is 0. The molecular weight excluding hydrogens is 202 g/mol. The summed E-state index contributed by atoms with van der Waals surface area (Å²) in [6.07, 6.45) is 2.98. The van der Waals surface area contributed by atoms with Crippen molar-refractivity contribution < 1.29 is 0 Å². The second-order valence-electron chi connectivity index (χ2n) is 3.06. The number of nitrogens with zero attached hydrogens (tertiary/aromatic N) is 3. The van der Waals surface area contributed by atoms with E-state index >= 15 is 0 Å². The Morgan fingerprint density at radius 1 is 1.38 bits per heavy atom. The van der Waals surface area contributed by atoms with E-state index in [1.165, 1.54) is 6.20 Å². The van der Waals surface area contributed by atoms with Gasteiger partial charge in [0.2, 0.25) is 0 Å². The number of hydrogen-bond acceptors (Lipinski definition) is 4. The molecule has 5 nitrogen and oxygen atoms in total. The Balaban J connectivity index is 2.26. The summed E-state index contributed by atoms with van der Waals surface area (Å²) >= 11 is 0. The molecule has 0 spiro atoms. The molecule has 2 rings (SSSR count). The SMILES string of the molecule is N#CC(C#N)=CNc1ccc2nc[nH]c2c1. The molecule has 0 aliphatic heterocycles. The molecule has 0 saturated carbocycles. The molecule has 2 N–H and O–H groups in total. The number of rotatable bonds is 2. The van der Waals surface area contributed by atoms with Crippen LogP contribution in [0, 0.1) is 22.7 Å². The van der Waals surface area contributed by atoms with Gasteiger partial charge in [0.05, 0.1) is 17.4 Å². The normalized spacial score (nSPS) is 9.12. The van der Waals surface area contributed by atoms with E-state index in [2.05, 4.69) is 15.3 Å². The molecule has 0 atom stereocenters. The first-order valence-corrected chi connectivity index (χ1v) is 4.53. The predicted octanol–water partition coefficient (Wildman–Crippen LogP) is 1.91. The topological polar surface area (TPSA) is 88.3 Å². The summed E-state index contributed by atoms with van der Waals surface area (Å²) in [6, 6.07) is 9.07. The molecular formula is C11H7N5. The fourth-order valence-corrected chi connectivity index (χ4v) is 1.27. The van der Waals surface area contributed by atoms with Crippen LogP contribution in [0.5, 0.6) is 0 Å². The molecule has 0 amide bonds. The maximum atomic E-state index is 8.55. The van der Waals surface area contributed by atoms with Crippen LogP contribution in [0.2, 0.25) is 0 Å². The highest BCUT2D eigenvalue weighted by Crippen LogP contribution is 2.15. The zero-order valence-electron chi connectivity index (χ0n) is 8.23. The third kappa shape index (κ3) is 1.84. The molecule has 76 valence electrons. The lowest BCUT2D eigenvalue weighted by atomic mass is 10.2. The minimum Gasteiger partial charge on any atom is -0.360 e. The second kappa shape index (κ2) is 4.16. The van der Waals surface area contributed by atoms with Crippen LogP contribution in [-0.2, 0) is 0 Å². The van der Waals surface area contributed by atoms with Gasteiger partial charge < -0.3 is 10.3 Å². The van der Waals surface area contributed by atoms with Gasteiger partial charge in [0.15, 0.2) is 0 Å². The van der Waals surface area contributed by atoms with Crippen molar-refractivity contribution in [3.63, 3.8) is 0 Å². The number of nitriles is 2. The maximum absolute atomic E-state index is 8.55. The van der Waals surface area contributed by atoms with E-state index in [4.69, 9.17) is 10.5 Å². The highest BCUT2D eigenvalue weighted by molar-refractivity contribution is 5.79. The molecule has 0 bridgehead atoms. The Hall–Kier alpha value is -2.79. The van der Waals surface area contributed by atoms with Crippen LogP contribution in [0.4, 0.5) is 5.69 Å². The van der Waals surface area contributed by atoms with Crippen molar-refractivity contribution >= 4 is 16.7 Å². The van der Waals surface area contributed by atoms with Gasteiger partial charge in [0.1, 0.15) is 17.7 Å². The summed E-state index contributed by atoms with van der Waals surface area (Å²) < 4.78 is 0. The average Bonchev–Trinajstić information content (AvgIpc) is 2.77. The lowest BCUT2D eigenvalue weighted by Gasteiger charge is -1.99. The highest BCUT2D eigenvalue weighted by Gasteiger charge is 1.97. The Labute approximate surface area is 91.6 Å². The van der Waals surface area contributed by atoms with Gasteiger partial charge in [-0.1, -0.05) is 0 Å². The number of anilines is 1. The molecule has 2 aromatic rings. The van der Waals surface area contributed by atoms with Crippen LogP contribution in [0.25, 0.3) is 11.0 Å². The van der Waals surface area contributed by atoms with E-state index in [0.29, 0.717) is 0 Å². The molecule has 1 aromatic carbocycles. The first kappa shape index (κ1) is 9.75. The quantitative estimate of drug-likeness (QED) is 0.739.